The second kappa shape index (κ2) is 10.1. The minimum absolute atomic E-state index is 0.0888. The Balaban J connectivity index is 1.70. The lowest BCUT2D eigenvalue weighted by molar-refractivity contribution is -0.138. The van der Waals surface area contributed by atoms with Gasteiger partial charge in [-0.25, -0.2) is 0 Å². The molecule has 160 valence electrons. The maximum absolute atomic E-state index is 12.8. The highest BCUT2D eigenvalue weighted by Crippen LogP contribution is 2.25. The Bertz CT molecular complexity index is 852. The van der Waals surface area contributed by atoms with Gasteiger partial charge in [0.15, 0.2) is 0 Å². The van der Waals surface area contributed by atoms with Gasteiger partial charge in [0.25, 0.3) is 0 Å². The smallest absolute Gasteiger partial charge is 0.237 e. The van der Waals surface area contributed by atoms with E-state index in [0.717, 1.165) is 11.1 Å². The zero-order chi connectivity index (χ0) is 21.5. The van der Waals surface area contributed by atoms with Crippen molar-refractivity contribution in [1.82, 2.24) is 20.1 Å². The topological polar surface area (TPSA) is 84.0 Å². The summed E-state index contributed by atoms with van der Waals surface area (Å²) in [5.41, 5.74) is 1.91. The maximum Gasteiger partial charge on any atom is 0.237 e. The average Bonchev–Trinajstić information content (AvgIpc) is 2.76. The molecule has 1 saturated heterocycles. The normalized spacial score (nSPS) is 16.6. The van der Waals surface area contributed by atoms with E-state index in [1.807, 2.05) is 29.2 Å². The molecule has 1 atom stereocenters. The van der Waals surface area contributed by atoms with E-state index in [1.165, 1.54) is 0 Å². The van der Waals surface area contributed by atoms with E-state index in [1.54, 1.807) is 44.6 Å². The van der Waals surface area contributed by atoms with Crippen LogP contribution < -0.4 is 14.8 Å². The predicted molar refractivity (Wildman–Crippen MR) is 112 cm³/mol. The van der Waals surface area contributed by atoms with Crippen LogP contribution in [0.1, 0.15) is 17.5 Å². The van der Waals surface area contributed by atoms with Crippen LogP contribution in [0.25, 0.3) is 0 Å². The van der Waals surface area contributed by atoms with Crippen molar-refractivity contribution < 1.29 is 19.1 Å². The second-order valence-corrected chi connectivity index (χ2v) is 7.31. The van der Waals surface area contributed by atoms with Gasteiger partial charge < -0.3 is 19.7 Å². The average molecular weight is 412 g/mol. The molecule has 1 aliphatic heterocycles. The Kier molecular flexibility index (Phi) is 7.24. The summed E-state index contributed by atoms with van der Waals surface area (Å²) in [6.45, 7) is 2.19. The van der Waals surface area contributed by atoms with Gasteiger partial charge in [0.1, 0.15) is 11.5 Å². The molecule has 1 aromatic carbocycles. The minimum Gasteiger partial charge on any atom is -0.497 e. The monoisotopic (exact) mass is 412 g/mol. The molecule has 0 unspecified atom stereocenters. The number of nitrogens with one attached hydrogen (secondary N) is 1. The summed E-state index contributed by atoms with van der Waals surface area (Å²) >= 11 is 0. The SMILES string of the molecule is COc1cc(CN2CCNC(=O)[C@@H]2CC(=O)N(C)Cc2cccnc2)cc(OC)c1. The second-order valence-electron chi connectivity index (χ2n) is 7.31. The number of ether oxygens (including phenoxy) is 2. The van der Waals surface area contributed by atoms with Crippen LogP contribution in [0.15, 0.2) is 42.7 Å². The fourth-order valence-electron chi connectivity index (χ4n) is 3.54. The van der Waals surface area contributed by atoms with Gasteiger partial charge in [-0.1, -0.05) is 6.07 Å². The number of carbonyl (C=O) groups is 2. The summed E-state index contributed by atoms with van der Waals surface area (Å²) < 4.78 is 10.7. The fraction of sp³-hybridized carbons (Fsp3) is 0.409. The Morgan fingerprint density at radius 1 is 1.23 bits per heavy atom. The molecule has 2 amide bonds. The molecule has 30 heavy (non-hydrogen) atoms. The van der Waals surface area contributed by atoms with Gasteiger partial charge in [0.05, 0.1) is 26.7 Å². The molecule has 0 bridgehead atoms. The van der Waals surface area contributed by atoms with Crippen molar-refractivity contribution >= 4 is 11.8 Å². The fourth-order valence-corrected chi connectivity index (χ4v) is 3.54. The molecule has 2 aromatic rings. The molecular weight excluding hydrogens is 384 g/mol. The number of nitrogens with zero attached hydrogens (tertiary/aromatic N) is 3. The summed E-state index contributed by atoms with van der Waals surface area (Å²) in [6.07, 6.45) is 3.55. The molecule has 0 aliphatic carbocycles. The zero-order valence-electron chi connectivity index (χ0n) is 17.6. The molecule has 1 aliphatic rings. The van der Waals surface area contributed by atoms with Crippen LogP contribution in [0.3, 0.4) is 0 Å². The Hall–Kier alpha value is -3.13. The lowest BCUT2D eigenvalue weighted by Crippen LogP contribution is -2.56. The van der Waals surface area contributed by atoms with Crippen molar-refractivity contribution in [3.05, 3.63) is 53.9 Å². The van der Waals surface area contributed by atoms with E-state index in [0.29, 0.717) is 37.7 Å². The number of piperazine rings is 1. The van der Waals surface area contributed by atoms with Crippen molar-refractivity contribution in [2.24, 2.45) is 0 Å². The minimum atomic E-state index is -0.528. The summed E-state index contributed by atoms with van der Waals surface area (Å²) in [5, 5.41) is 2.88. The highest BCUT2D eigenvalue weighted by molar-refractivity contribution is 5.88. The molecule has 8 heteroatoms. The van der Waals surface area contributed by atoms with Crippen molar-refractivity contribution in [3.63, 3.8) is 0 Å². The maximum atomic E-state index is 12.8. The van der Waals surface area contributed by atoms with Crippen LogP contribution in [0.2, 0.25) is 0 Å². The lowest BCUT2D eigenvalue weighted by atomic mass is 10.1. The number of pyridine rings is 1. The summed E-state index contributed by atoms with van der Waals surface area (Å²) in [6, 6.07) is 8.88. The number of aromatic nitrogens is 1. The van der Waals surface area contributed by atoms with Crippen LogP contribution in [-0.4, -0.2) is 67.0 Å². The van der Waals surface area contributed by atoms with E-state index in [2.05, 4.69) is 10.3 Å². The summed E-state index contributed by atoms with van der Waals surface area (Å²) in [5.74, 6) is 1.16. The first-order chi connectivity index (χ1) is 14.5. The molecule has 0 saturated carbocycles. The zero-order valence-corrected chi connectivity index (χ0v) is 17.6. The van der Waals surface area contributed by atoms with E-state index in [9.17, 15) is 9.59 Å². The van der Waals surface area contributed by atoms with E-state index in [-0.39, 0.29) is 18.2 Å². The molecule has 8 nitrogen and oxygen atoms in total. The van der Waals surface area contributed by atoms with Crippen molar-refractivity contribution in [2.75, 3.05) is 34.4 Å². The van der Waals surface area contributed by atoms with E-state index < -0.39 is 6.04 Å². The molecule has 0 radical (unpaired) electrons. The number of amides is 2. The van der Waals surface area contributed by atoms with E-state index >= 15 is 0 Å². The van der Waals surface area contributed by atoms with Crippen LogP contribution in [-0.2, 0) is 22.7 Å². The number of rotatable bonds is 8. The van der Waals surface area contributed by atoms with Crippen molar-refractivity contribution in [1.29, 1.82) is 0 Å². The van der Waals surface area contributed by atoms with Gasteiger partial charge in [-0.15, -0.1) is 0 Å². The van der Waals surface area contributed by atoms with Gasteiger partial charge in [-0.2, -0.15) is 0 Å². The molecular formula is C22H28N4O4. The molecule has 1 aromatic heterocycles. The number of carbonyl (C=O) groups excluding carboxylic acids is 2. The van der Waals surface area contributed by atoms with Gasteiger partial charge in [-0.3, -0.25) is 19.5 Å². The largest absolute Gasteiger partial charge is 0.497 e. The molecule has 1 N–H and O–H groups in total. The standard InChI is InChI=1S/C22H28N4O4/c1-25(14-16-5-4-6-23-13-16)21(27)12-20-22(28)24-7-8-26(20)15-17-9-18(29-2)11-19(10-17)30-3/h4-6,9-11,13,20H,7-8,12,14-15H2,1-3H3,(H,24,28)/t20-/m0/s1. The Labute approximate surface area is 176 Å². The number of benzene rings is 1. The van der Waals surface area contributed by atoms with Gasteiger partial charge >= 0.3 is 0 Å². The quantitative estimate of drug-likeness (QED) is 0.707. The molecule has 1 fully saturated rings. The summed E-state index contributed by atoms with van der Waals surface area (Å²) in [7, 11) is 4.95. The first kappa shape index (κ1) is 21.6. The first-order valence-corrected chi connectivity index (χ1v) is 9.86. The van der Waals surface area contributed by atoms with E-state index in [4.69, 9.17) is 9.47 Å². The summed E-state index contributed by atoms with van der Waals surface area (Å²) in [4.78, 5) is 33.1. The molecule has 3 rings (SSSR count). The first-order valence-electron chi connectivity index (χ1n) is 9.86. The third kappa shape index (κ3) is 5.48. The van der Waals surface area contributed by atoms with Gasteiger partial charge in [0.2, 0.25) is 11.8 Å². The van der Waals surface area contributed by atoms with Crippen LogP contribution in [0.4, 0.5) is 0 Å². The number of hydrogen-bond donors (Lipinski definition) is 1. The van der Waals surface area contributed by atoms with Crippen LogP contribution >= 0.6 is 0 Å². The number of methoxy groups -OCH3 is 2. The highest BCUT2D eigenvalue weighted by Gasteiger charge is 2.32. The highest BCUT2D eigenvalue weighted by atomic mass is 16.5. The van der Waals surface area contributed by atoms with Gasteiger partial charge in [-0.05, 0) is 29.3 Å². The third-order valence-electron chi connectivity index (χ3n) is 5.17. The lowest BCUT2D eigenvalue weighted by Gasteiger charge is -2.35. The Morgan fingerprint density at radius 3 is 2.60 bits per heavy atom. The van der Waals surface area contributed by atoms with Crippen LogP contribution in [0.5, 0.6) is 11.5 Å². The third-order valence-corrected chi connectivity index (χ3v) is 5.17. The van der Waals surface area contributed by atoms with Crippen molar-refractivity contribution in [2.45, 2.75) is 25.6 Å². The molecule has 2 heterocycles. The van der Waals surface area contributed by atoms with Gasteiger partial charge in [0, 0.05) is 51.7 Å². The Morgan fingerprint density at radius 2 is 1.97 bits per heavy atom. The van der Waals surface area contributed by atoms with Crippen LogP contribution in [0, 0.1) is 0 Å². The number of hydrogen-bond acceptors (Lipinski definition) is 6. The van der Waals surface area contributed by atoms with Crippen molar-refractivity contribution in [3.8, 4) is 11.5 Å². The predicted octanol–water partition coefficient (Wildman–Crippen LogP) is 1.45. The molecule has 0 spiro atoms.